The van der Waals surface area contributed by atoms with Crippen molar-refractivity contribution in [3.05, 3.63) is 186 Å². The second-order valence-electron chi connectivity index (χ2n) is 28.8. The monoisotopic (exact) mass is 1450 g/mol. The number of aliphatic carboxylic acids is 2. The van der Waals surface area contributed by atoms with E-state index in [1.54, 1.807) is 117 Å². The van der Waals surface area contributed by atoms with Crippen LogP contribution in [0.4, 0.5) is 0 Å². The molecule has 26 nitrogen and oxygen atoms in total. The van der Waals surface area contributed by atoms with Gasteiger partial charge in [-0.15, -0.1) is 0 Å². The van der Waals surface area contributed by atoms with Gasteiger partial charge in [-0.2, -0.15) is 0 Å². The molecule has 13 atom stereocenters. The number of quaternary nitrogens is 1. The summed E-state index contributed by atoms with van der Waals surface area (Å²) in [6, 6.07) is 29.5. The highest BCUT2D eigenvalue weighted by Gasteiger charge is 2.56. The number of carbonyl (C=O) groups excluding carboxylic acids is 9. The van der Waals surface area contributed by atoms with Crippen molar-refractivity contribution in [2.45, 2.75) is 159 Å². The zero-order valence-electron chi connectivity index (χ0n) is 61.3. The van der Waals surface area contributed by atoms with Gasteiger partial charge in [0.25, 0.3) is 11.8 Å². The van der Waals surface area contributed by atoms with E-state index in [9.17, 15) is 48.6 Å². The lowest BCUT2D eigenvalue weighted by molar-refractivity contribution is -0.839. The first-order chi connectivity index (χ1) is 50.5. The number of carbonyl (C=O) groups is 11. The standard InChI is InChI=1S/C80H97N11O15/c1-10-61(84-69(92)47(2)81-7)77(100)91(9)46-60-44-67(91)75(98)86-62(39-49-22-29-55(30-23-49)53-18-12-11-13-19-53)72(95)87-64(78(101)102)40-50-24-32-56(33-25-50)71(94)83-58-43-66(90(45-58)76(99)68(80(4,5)6)89-70(93)48(3)82-8)74(97)85-63(42-52-26-31-54-20-14-15-21-57(54)38-52)73(96)88-65(79(103)104)41-51-27-34-59(35-28-51)105-36-16-17-37-106-60/h11-35,38,47-48,58,60-68,81-82H,10,36-37,39-46H2,1-9H3,(H8-,83,84,85,86,87,88,89,92,93,94,95,96,97,98,101,102,103,104)/p+1. The Morgan fingerprint density at radius 3 is 1.71 bits per heavy atom. The summed E-state index contributed by atoms with van der Waals surface area (Å²) in [5.41, 5.74) is 3.10. The molecule has 0 radical (unpaired) electrons. The molecule has 0 aliphatic carbocycles. The van der Waals surface area contributed by atoms with Crippen LogP contribution in [0, 0.1) is 5.41 Å². The number of likely N-dealkylation sites (tertiary alicyclic amines) is 2. The Hall–Kier alpha value is -10.7. The van der Waals surface area contributed by atoms with Crippen LogP contribution in [0.1, 0.15) is 93.4 Å². The summed E-state index contributed by atoms with van der Waals surface area (Å²) < 4.78 is 11.8. The van der Waals surface area contributed by atoms with Crippen molar-refractivity contribution in [1.82, 2.24) is 52.8 Å². The van der Waals surface area contributed by atoms with Crippen LogP contribution in [-0.4, -0.2) is 205 Å². The predicted octanol–water partition coefficient (Wildman–Crippen LogP) is 4.31. The molecule has 6 aromatic carbocycles. The molecular weight excluding hydrogens is 1350 g/mol. The molecular formula is C80H98N11O15+. The average molecular weight is 1450 g/mol. The molecule has 13 unspecified atom stereocenters. The predicted molar refractivity (Wildman–Crippen MR) is 397 cm³/mol. The second-order valence-corrected chi connectivity index (χ2v) is 28.8. The molecule has 8 bridgehead atoms. The third-order valence-electron chi connectivity index (χ3n) is 20.1. The molecule has 6 heterocycles. The molecule has 6 aliphatic rings. The number of benzene rings is 6. The Balaban J connectivity index is 1.05. The number of nitrogens with one attached hydrogen (secondary N) is 9. The van der Waals surface area contributed by atoms with Crippen LogP contribution in [0.25, 0.3) is 21.9 Å². The number of carboxylic acids is 2. The maximum Gasteiger partial charge on any atom is 0.336 e. The summed E-state index contributed by atoms with van der Waals surface area (Å²) in [5, 5.41) is 48.7. The maximum atomic E-state index is 15.2. The van der Waals surface area contributed by atoms with E-state index in [0.29, 0.717) is 28.0 Å². The molecule has 0 spiro atoms. The van der Waals surface area contributed by atoms with Gasteiger partial charge in [-0.1, -0.05) is 155 Å². The fourth-order valence-corrected chi connectivity index (χ4v) is 13.5. The van der Waals surface area contributed by atoms with Crippen LogP contribution in [0.5, 0.6) is 5.75 Å². The number of carboxylic acid groups (broad SMARTS) is 2. The lowest BCUT2D eigenvalue weighted by Gasteiger charge is -2.36. The van der Waals surface area contributed by atoms with Gasteiger partial charge in [0, 0.05) is 50.3 Å². The summed E-state index contributed by atoms with van der Waals surface area (Å²) in [6.07, 6.45) is 1.98. The van der Waals surface area contributed by atoms with Gasteiger partial charge in [0.2, 0.25) is 35.4 Å². The molecule has 9 amide bonds. The fraction of sp³-hybridized carbons (Fsp3) is 0.412. The molecule has 26 heteroatoms. The number of likely N-dealkylation sites (N-methyl/N-ethyl adjacent to an activating group) is 3. The van der Waals surface area contributed by atoms with Crippen molar-refractivity contribution in [3.8, 4) is 16.9 Å². The summed E-state index contributed by atoms with van der Waals surface area (Å²) in [4.78, 5) is 159. The summed E-state index contributed by atoms with van der Waals surface area (Å²) in [7, 11) is 4.79. The van der Waals surface area contributed by atoms with Gasteiger partial charge in [-0.05, 0) is 121 Å². The van der Waals surface area contributed by atoms with Crippen LogP contribution >= 0.6 is 0 Å². The highest BCUT2D eigenvalue weighted by Crippen LogP contribution is 2.32. The van der Waals surface area contributed by atoms with Crippen molar-refractivity contribution in [2.75, 3.05) is 47.4 Å². The SMILES string of the molecule is CCC(NC(=O)C(C)NC)C(=O)[N+]1(C)CC2CC1C(=O)NC(Cc1ccc(-c3ccccc3)cc1)C(=O)NC(C(=O)O)Cc1ccc(cc1)C(=O)NC1CC(C(=O)NC(Cc3ccc4ccccc4c3)C(=O)NC(C(=O)O)Cc3ccc(cc3)OCC=CCO2)N(C(=O)C(NC(=O)C(C)NC)C(C)(C)C)C1. The second kappa shape index (κ2) is 35.9. The minimum Gasteiger partial charge on any atom is -0.490 e. The fourth-order valence-electron chi connectivity index (χ4n) is 13.5. The Morgan fingerprint density at radius 2 is 1.12 bits per heavy atom. The van der Waals surface area contributed by atoms with Gasteiger partial charge < -0.3 is 72.4 Å². The van der Waals surface area contributed by atoms with Gasteiger partial charge in [0.1, 0.15) is 67.3 Å². The first kappa shape index (κ1) is 79.4. The molecule has 12 rings (SSSR count). The Kier molecular flexibility index (Phi) is 26.9. The van der Waals surface area contributed by atoms with Crippen LogP contribution in [0.15, 0.2) is 158 Å². The summed E-state index contributed by atoms with van der Waals surface area (Å²) in [5.74, 6) is -8.27. The van der Waals surface area contributed by atoms with E-state index in [1.165, 1.54) is 29.2 Å². The van der Waals surface area contributed by atoms with E-state index in [0.717, 1.165) is 21.9 Å². The van der Waals surface area contributed by atoms with Crippen LogP contribution in [0.3, 0.4) is 0 Å². The van der Waals surface area contributed by atoms with Crippen LogP contribution < -0.4 is 52.6 Å². The number of hydrogen-bond acceptors (Lipinski definition) is 15. The molecule has 0 saturated carbocycles. The Bertz CT molecular complexity index is 4190. The van der Waals surface area contributed by atoms with Crippen LogP contribution in [-0.2, 0) is 78.4 Å². The van der Waals surface area contributed by atoms with Gasteiger partial charge in [-0.3, -0.25) is 38.4 Å². The van der Waals surface area contributed by atoms with Crippen molar-refractivity contribution in [3.63, 3.8) is 0 Å². The normalized spacial score (nSPS) is 23.5. The highest BCUT2D eigenvalue weighted by molar-refractivity contribution is 5.99. The first-order valence-electron chi connectivity index (χ1n) is 35.9. The minimum absolute atomic E-state index is 0.00222. The van der Waals surface area contributed by atoms with Gasteiger partial charge in [0.15, 0.2) is 6.04 Å². The van der Waals surface area contributed by atoms with Crippen molar-refractivity contribution in [2.24, 2.45) is 5.41 Å². The van der Waals surface area contributed by atoms with E-state index >= 15 is 14.4 Å². The molecule has 6 aromatic rings. The van der Waals surface area contributed by atoms with Crippen molar-refractivity contribution < 1.29 is 76.9 Å². The van der Waals surface area contributed by atoms with Crippen molar-refractivity contribution in [1.29, 1.82) is 0 Å². The number of fused-ring (bicyclic) bond motifs is 1. The van der Waals surface area contributed by atoms with Gasteiger partial charge in [0.05, 0.1) is 25.7 Å². The zero-order chi connectivity index (χ0) is 76.6. The Morgan fingerprint density at radius 1 is 0.594 bits per heavy atom. The summed E-state index contributed by atoms with van der Waals surface area (Å²) in [6.45, 7) is 10.1. The number of rotatable bonds is 16. The molecule has 106 heavy (non-hydrogen) atoms. The molecule has 2 fully saturated rings. The third kappa shape index (κ3) is 20.4. The number of amides is 9. The van der Waals surface area contributed by atoms with Crippen LogP contribution in [0.2, 0.25) is 0 Å². The topological polar surface area (TPSA) is 358 Å². The largest absolute Gasteiger partial charge is 0.490 e. The van der Waals surface area contributed by atoms with E-state index in [1.807, 2.05) is 78.9 Å². The number of ether oxygens (including phenoxy) is 2. The molecule has 562 valence electrons. The first-order valence-corrected chi connectivity index (χ1v) is 35.9. The van der Waals surface area contributed by atoms with E-state index in [2.05, 4.69) is 47.9 Å². The van der Waals surface area contributed by atoms with E-state index < -0.39 is 148 Å². The molecule has 6 aliphatic heterocycles. The molecule has 2 saturated heterocycles. The van der Waals surface area contributed by atoms with E-state index in [4.69, 9.17) is 9.47 Å². The van der Waals surface area contributed by atoms with Gasteiger partial charge >= 0.3 is 17.8 Å². The van der Waals surface area contributed by atoms with Gasteiger partial charge in [-0.25, -0.2) is 18.9 Å². The van der Waals surface area contributed by atoms with E-state index in [-0.39, 0.29) is 76.8 Å². The lowest BCUT2D eigenvalue weighted by Crippen LogP contribution is -2.65. The van der Waals surface area contributed by atoms with Crippen molar-refractivity contribution >= 4 is 75.9 Å². The smallest absolute Gasteiger partial charge is 0.336 e. The number of hydrogen-bond donors (Lipinski definition) is 11. The quantitative estimate of drug-likeness (QED) is 0.0475. The minimum atomic E-state index is -1.59. The zero-order valence-corrected chi connectivity index (χ0v) is 61.3. The number of nitrogens with zero attached hydrogens (tertiary/aromatic N) is 2. The molecule has 11 N–H and O–H groups in total. The average Bonchev–Trinajstić information content (AvgIpc) is 1.50. The molecule has 0 aromatic heterocycles. The highest BCUT2D eigenvalue weighted by atomic mass is 16.5. The summed E-state index contributed by atoms with van der Waals surface area (Å²) >= 11 is 0. The lowest BCUT2D eigenvalue weighted by atomic mass is 9.85. The Labute approximate surface area is 617 Å². The third-order valence-corrected chi connectivity index (χ3v) is 20.1. The maximum absolute atomic E-state index is 15.2.